The van der Waals surface area contributed by atoms with Crippen LogP contribution in [0.4, 0.5) is 11.4 Å². The average molecular weight is 344 g/mol. The summed E-state index contributed by atoms with van der Waals surface area (Å²) >= 11 is 3.35. The number of nitrogens with zero attached hydrogens (tertiary/aromatic N) is 1. The Morgan fingerprint density at radius 2 is 1.67 bits per heavy atom. The molecule has 0 spiro atoms. The van der Waals surface area contributed by atoms with Crippen LogP contribution in [0.5, 0.6) is 0 Å². The number of rotatable bonds is 5. The van der Waals surface area contributed by atoms with Crippen LogP contribution in [0.1, 0.15) is 12.0 Å². The van der Waals surface area contributed by atoms with Gasteiger partial charge in [-0.25, -0.2) is 0 Å². The van der Waals surface area contributed by atoms with Crippen LogP contribution in [-0.4, -0.2) is 12.5 Å². The minimum Gasteiger partial charge on any atom is -0.385 e. The number of amides is 1. The van der Waals surface area contributed by atoms with Gasteiger partial charge in [-0.05, 0) is 48.5 Å². The van der Waals surface area contributed by atoms with Gasteiger partial charge in [0.25, 0.3) is 0 Å². The lowest BCUT2D eigenvalue weighted by Crippen LogP contribution is -2.16. The summed E-state index contributed by atoms with van der Waals surface area (Å²) in [5, 5.41) is 14.7. The molecule has 0 aromatic heterocycles. The molecule has 1 amide bonds. The lowest BCUT2D eigenvalue weighted by molar-refractivity contribution is -0.115. The molecule has 2 aromatic rings. The first-order valence-corrected chi connectivity index (χ1v) is 7.26. The van der Waals surface area contributed by atoms with E-state index in [4.69, 9.17) is 5.26 Å². The van der Waals surface area contributed by atoms with Gasteiger partial charge in [0.2, 0.25) is 5.91 Å². The Labute approximate surface area is 131 Å². The molecule has 2 rings (SSSR count). The maximum atomic E-state index is 11.8. The van der Waals surface area contributed by atoms with Crippen molar-refractivity contribution in [3.63, 3.8) is 0 Å². The summed E-state index contributed by atoms with van der Waals surface area (Å²) in [5.74, 6) is -0.0431. The van der Waals surface area contributed by atoms with E-state index in [2.05, 4.69) is 32.6 Å². The number of hydrogen-bond acceptors (Lipinski definition) is 3. The molecule has 106 valence electrons. The van der Waals surface area contributed by atoms with Crippen LogP contribution in [0.3, 0.4) is 0 Å². The van der Waals surface area contributed by atoms with E-state index in [-0.39, 0.29) is 5.91 Å². The van der Waals surface area contributed by atoms with Crippen LogP contribution < -0.4 is 10.6 Å². The molecule has 0 heterocycles. The molecule has 0 bridgehead atoms. The first kappa shape index (κ1) is 15.1. The van der Waals surface area contributed by atoms with E-state index in [9.17, 15) is 4.79 Å². The fourth-order valence-corrected chi connectivity index (χ4v) is 2.00. The Balaban J connectivity index is 1.76. The average Bonchev–Trinajstić information content (AvgIpc) is 2.50. The zero-order valence-electron chi connectivity index (χ0n) is 11.3. The van der Waals surface area contributed by atoms with Crippen molar-refractivity contribution in [2.75, 3.05) is 17.2 Å². The molecule has 2 aromatic carbocycles. The highest BCUT2D eigenvalue weighted by molar-refractivity contribution is 9.10. The Bertz CT molecular complexity index is 645. The second-order valence-electron chi connectivity index (χ2n) is 4.42. The number of carbonyl (C=O) groups excluding carboxylic acids is 1. The molecule has 4 nitrogen and oxygen atoms in total. The number of hydrogen-bond donors (Lipinski definition) is 2. The molecule has 0 fully saturated rings. The molecular weight excluding hydrogens is 330 g/mol. The lowest BCUT2D eigenvalue weighted by Gasteiger charge is -2.07. The van der Waals surface area contributed by atoms with E-state index in [0.717, 1.165) is 15.8 Å². The normalized spacial score (nSPS) is 9.71. The second kappa shape index (κ2) is 7.46. The van der Waals surface area contributed by atoms with Gasteiger partial charge in [-0.2, -0.15) is 5.26 Å². The Hall–Kier alpha value is -2.32. The van der Waals surface area contributed by atoms with Gasteiger partial charge in [0.1, 0.15) is 0 Å². The quantitative estimate of drug-likeness (QED) is 0.868. The van der Waals surface area contributed by atoms with E-state index < -0.39 is 0 Å². The second-order valence-corrected chi connectivity index (χ2v) is 5.34. The number of nitriles is 1. The van der Waals surface area contributed by atoms with Gasteiger partial charge in [-0.1, -0.05) is 15.9 Å². The summed E-state index contributed by atoms with van der Waals surface area (Å²) in [4.78, 5) is 11.8. The summed E-state index contributed by atoms with van der Waals surface area (Å²) in [6.45, 7) is 0.536. The molecule has 0 aliphatic carbocycles. The van der Waals surface area contributed by atoms with Crippen LogP contribution >= 0.6 is 15.9 Å². The van der Waals surface area contributed by atoms with E-state index in [1.54, 1.807) is 12.1 Å². The first-order chi connectivity index (χ1) is 10.2. The van der Waals surface area contributed by atoms with Crippen LogP contribution in [-0.2, 0) is 4.79 Å². The van der Waals surface area contributed by atoms with E-state index >= 15 is 0 Å². The molecule has 0 unspecified atom stereocenters. The fourth-order valence-electron chi connectivity index (χ4n) is 1.74. The molecule has 5 heteroatoms. The van der Waals surface area contributed by atoms with Crippen molar-refractivity contribution >= 4 is 33.2 Å². The largest absolute Gasteiger partial charge is 0.385 e. The third kappa shape index (κ3) is 4.93. The highest BCUT2D eigenvalue weighted by Crippen LogP contribution is 2.14. The molecule has 21 heavy (non-hydrogen) atoms. The highest BCUT2D eigenvalue weighted by atomic mass is 79.9. The zero-order chi connectivity index (χ0) is 15.1. The molecule has 0 aliphatic rings. The number of benzene rings is 2. The van der Waals surface area contributed by atoms with Crippen molar-refractivity contribution in [1.82, 2.24) is 0 Å². The van der Waals surface area contributed by atoms with Gasteiger partial charge in [0.05, 0.1) is 11.6 Å². The van der Waals surface area contributed by atoms with Crippen molar-refractivity contribution in [3.05, 3.63) is 58.6 Å². The monoisotopic (exact) mass is 343 g/mol. The van der Waals surface area contributed by atoms with E-state index in [0.29, 0.717) is 18.5 Å². The van der Waals surface area contributed by atoms with Crippen molar-refractivity contribution in [2.24, 2.45) is 0 Å². The van der Waals surface area contributed by atoms with E-state index in [1.807, 2.05) is 36.4 Å². The van der Waals surface area contributed by atoms with Gasteiger partial charge < -0.3 is 10.6 Å². The molecular formula is C16H14BrN3O. The Morgan fingerprint density at radius 1 is 1.05 bits per heavy atom. The van der Waals surface area contributed by atoms with Crippen LogP contribution in [0.15, 0.2) is 53.0 Å². The van der Waals surface area contributed by atoms with Crippen molar-refractivity contribution < 1.29 is 4.79 Å². The fraction of sp³-hybridized carbons (Fsp3) is 0.125. The topological polar surface area (TPSA) is 64.9 Å². The number of halogens is 1. The minimum atomic E-state index is -0.0431. The first-order valence-electron chi connectivity index (χ1n) is 6.47. The predicted molar refractivity (Wildman–Crippen MR) is 87.0 cm³/mol. The summed E-state index contributed by atoms with van der Waals surface area (Å²) in [7, 11) is 0. The highest BCUT2D eigenvalue weighted by Gasteiger charge is 2.02. The SMILES string of the molecule is N#Cc1ccc(NCCC(=O)Nc2ccc(Br)cc2)cc1. The number of anilines is 2. The van der Waals surface area contributed by atoms with Crippen LogP contribution in [0.2, 0.25) is 0 Å². The van der Waals surface area contributed by atoms with Crippen molar-refractivity contribution in [2.45, 2.75) is 6.42 Å². The third-order valence-electron chi connectivity index (χ3n) is 2.82. The smallest absolute Gasteiger partial charge is 0.226 e. The Morgan fingerprint density at radius 3 is 2.29 bits per heavy atom. The van der Waals surface area contributed by atoms with Gasteiger partial charge in [0.15, 0.2) is 0 Å². The molecule has 0 aliphatic heterocycles. The predicted octanol–water partition coefficient (Wildman–Crippen LogP) is 3.76. The van der Waals surface area contributed by atoms with Crippen molar-refractivity contribution in [3.8, 4) is 6.07 Å². The van der Waals surface area contributed by atoms with Gasteiger partial charge in [-0.15, -0.1) is 0 Å². The van der Waals surface area contributed by atoms with Gasteiger partial charge in [-0.3, -0.25) is 4.79 Å². The molecule has 0 saturated carbocycles. The molecule has 0 radical (unpaired) electrons. The number of carbonyl (C=O) groups is 1. The van der Waals surface area contributed by atoms with Crippen molar-refractivity contribution in [1.29, 1.82) is 5.26 Å². The van der Waals surface area contributed by atoms with Crippen LogP contribution in [0, 0.1) is 11.3 Å². The maximum Gasteiger partial charge on any atom is 0.226 e. The molecule has 2 N–H and O–H groups in total. The summed E-state index contributed by atoms with van der Waals surface area (Å²) in [5.41, 5.74) is 2.29. The summed E-state index contributed by atoms with van der Waals surface area (Å²) < 4.78 is 0.975. The summed E-state index contributed by atoms with van der Waals surface area (Å²) in [6, 6.07) is 16.6. The third-order valence-corrected chi connectivity index (χ3v) is 3.35. The Kier molecular flexibility index (Phi) is 5.35. The zero-order valence-corrected chi connectivity index (χ0v) is 12.9. The van der Waals surface area contributed by atoms with E-state index in [1.165, 1.54) is 0 Å². The minimum absolute atomic E-state index is 0.0431. The number of nitrogens with one attached hydrogen (secondary N) is 2. The standard InChI is InChI=1S/C16H14BrN3O/c17-13-3-7-15(8-4-13)20-16(21)9-10-19-14-5-1-12(11-18)2-6-14/h1-8,19H,9-10H2,(H,20,21). The van der Waals surface area contributed by atoms with Gasteiger partial charge in [0, 0.05) is 28.8 Å². The summed E-state index contributed by atoms with van der Waals surface area (Å²) in [6.07, 6.45) is 0.371. The lowest BCUT2D eigenvalue weighted by atomic mass is 10.2. The maximum absolute atomic E-state index is 11.8. The molecule has 0 saturated heterocycles. The van der Waals surface area contributed by atoms with Crippen LogP contribution in [0.25, 0.3) is 0 Å². The van der Waals surface area contributed by atoms with Gasteiger partial charge >= 0.3 is 0 Å². The molecule has 0 atom stereocenters.